The van der Waals surface area contributed by atoms with E-state index < -0.39 is 0 Å². The Hall–Kier alpha value is -2.79. The van der Waals surface area contributed by atoms with Gasteiger partial charge >= 0.3 is 0 Å². The number of aryl methyl sites for hydroxylation is 1. The molecule has 0 saturated carbocycles. The predicted octanol–water partition coefficient (Wildman–Crippen LogP) is 4.60. The van der Waals surface area contributed by atoms with Crippen LogP contribution in [0.5, 0.6) is 5.75 Å². The van der Waals surface area contributed by atoms with Crippen LogP contribution in [0, 0.1) is 18.3 Å². The van der Waals surface area contributed by atoms with Crippen LogP contribution in [0.15, 0.2) is 60.7 Å². The second-order valence-electron chi connectivity index (χ2n) is 5.11. The average molecular weight is 273 g/mol. The van der Waals surface area contributed by atoms with Crippen LogP contribution in [-0.2, 0) is 6.61 Å². The Labute approximate surface area is 124 Å². The van der Waals surface area contributed by atoms with Crippen LogP contribution >= 0.6 is 0 Å². The van der Waals surface area contributed by atoms with Crippen molar-refractivity contribution in [3.63, 3.8) is 0 Å². The molecule has 0 spiro atoms. The van der Waals surface area contributed by atoms with Crippen molar-refractivity contribution in [2.24, 2.45) is 0 Å². The molecule has 0 radical (unpaired) electrons. The summed E-state index contributed by atoms with van der Waals surface area (Å²) in [6.07, 6.45) is 0. The highest BCUT2D eigenvalue weighted by Gasteiger charge is 2.00. The second kappa shape index (κ2) is 5.68. The van der Waals surface area contributed by atoms with E-state index in [0.717, 1.165) is 22.1 Å². The zero-order chi connectivity index (χ0) is 14.7. The van der Waals surface area contributed by atoms with Gasteiger partial charge in [0.2, 0.25) is 0 Å². The highest BCUT2D eigenvalue weighted by atomic mass is 16.5. The number of fused-ring (bicyclic) bond motifs is 1. The molecule has 0 fully saturated rings. The fourth-order valence-electron chi connectivity index (χ4n) is 2.23. The summed E-state index contributed by atoms with van der Waals surface area (Å²) in [5.41, 5.74) is 3.08. The van der Waals surface area contributed by atoms with Gasteiger partial charge in [0.25, 0.3) is 0 Å². The molecule has 0 atom stereocenters. The number of nitrogens with zero attached hydrogens (tertiary/aromatic N) is 1. The molecule has 3 aromatic carbocycles. The molecular weight excluding hydrogens is 258 g/mol. The maximum absolute atomic E-state index is 8.91. The van der Waals surface area contributed by atoms with E-state index >= 15 is 0 Å². The summed E-state index contributed by atoms with van der Waals surface area (Å²) in [4.78, 5) is 0. The molecular formula is C19H15NO. The molecule has 3 aromatic rings. The number of benzene rings is 3. The van der Waals surface area contributed by atoms with Crippen LogP contribution in [0.3, 0.4) is 0 Å². The summed E-state index contributed by atoms with van der Waals surface area (Å²) in [5, 5.41) is 11.0. The van der Waals surface area contributed by atoms with Gasteiger partial charge in [-0.05, 0) is 47.5 Å². The maximum atomic E-state index is 8.91. The molecule has 2 heteroatoms. The van der Waals surface area contributed by atoms with Crippen molar-refractivity contribution < 1.29 is 4.74 Å². The predicted molar refractivity (Wildman–Crippen MR) is 84.2 cm³/mol. The van der Waals surface area contributed by atoms with Crippen LogP contribution in [0.1, 0.15) is 16.7 Å². The first-order valence-electron chi connectivity index (χ1n) is 6.87. The fraction of sp³-hybridized carbons (Fsp3) is 0.105. The van der Waals surface area contributed by atoms with E-state index in [-0.39, 0.29) is 0 Å². The molecule has 0 unspecified atom stereocenters. The molecule has 0 bridgehead atoms. The summed E-state index contributed by atoms with van der Waals surface area (Å²) in [7, 11) is 0. The van der Waals surface area contributed by atoms with E-state index in [0.29, 0.717) is 12.2 Å². The lowest BCUT2D eigenvalue weighted by atomic mass is 10.1. The van der Waals surface area contributed by atoms with Gasteiger partial charge in [-0.25, -0.2) is 0 Å². The minimum Gasteiger partial charge on any atom is -0.489 e. The highest BCUT2D eigenvalue weighted by Crippen LogP contribution is 2.22. The summed E-state index contributed by atoms with van der Waals surface area (Å²) in [6, 6.07) is 22.1. The Bertz CT molecular complexity index is 813. The first-order chi connectivity index (χ1) is 10.2. The van der Waals surface area contributed by atoms with E-state index in [9.17, 15) is 0 Å². The van der Waals surface area contributed by atoms with Crippen molar-refractivity contribution in [1.82, 2.24) is 0 Å². The molecule has 0 aliphatic rings. The SMILES string of the molecule is Cc1ccc(COc2ccc3cc(C#N)ccc3c2)cc1. The van der Waals surface area contributed by atoms with Crippen LogP contribution in [-0.4, -0.2) is 0 Å². The van der Waals surface area contributed by atoms with Gasteiger partial charge in [-0.1, -0.05) is 42.0 Å². The van der Waals surface area contributed by atoms with Crippen molar-refractivity contribution in [1.29, 1.82) is 5.26 Å². The molecule has 0 amide bonds. The molecule has 102 valence electrons. The fourth-order valence-corrected chi connectivity index (χ4v) is 2.23. The number of rotatable bonds is 3. The summed E-state index contributed by atoms with van der Waals surface area (Å²) >= 11 is 0. The zero-order valence-corrected chi connectivity index (χ0v) is 11.8. The zero-order valence-electron chi connectivity index (χ0n) is 11.8. The third-order valence-corrected chi connectivity index (χ3v) is 3.47. The number of hydrogen-bond donors (Lipinski definition) is 0. The monoisotopic (exact) mass is 273 g/mol. The summed E-state index contributed by atoms with van der Waals surface area (Å²) in [6.45, 7) is 2.63. The van der Waals surface area contributed by atoms with Gasteiger partial charge in [0.15, 0.2) is 0 Å². The highest BCUT2D eigenvalue weighted by molar-refractivity contribution is 5.85. The van der Waals surface area contributed by atoms with Gasteiger partial charge in [0, 0.05) is 0 Å². The van der Waals surface area contributed by atoms with Gasteiger partial charge in [-0.15, -0.1) is 0 Å². The van der Waals surface area contributed by atoms with Gasteiger partial charge < -0.3 is 4.74 Å². The summed E-state index contributed by atoms with van der Waals surface area (Å²) in [5.74, 6) is 0.841. The van der Waals surface area contributed by atoms with E-state index in [1.807, 2.05) is 36.4 Å². The number of ether oxygens (including phenoxy) is 1. The molecule has 2 nitrogen and oxygen atoms in total. The molecule has 3 rings (SSSR count). The van der Waals surface area contributed by atoms with Gasteiger partial charge in [-0.3, -0.25) is 0 Å². The minimum atomic E-state index is 0.558. The quantitative estimate of drug-likeness (QED) is 0.698. The van der Waals surface area contributed by atoms with Crippen molar-refractivity contribution in [3.05, 3.63) is 77.4 Å². The Morgan fingerprint density at radius 3 is 2.38 bits per heavy atom. The van der Waals surface area contributed by atoms with Gasteiger partial charge in [0.05, 0.1) is 11.6 Å². The van der Waals surface area contributed by atoms with Gasteiger partial charge in [-0.2, -0.15) is 5.26 Å². The van der Waals surface area contributed by atoms with Crippen LogP contribution < -0.4 is 4.74 Å². The van der Waals surface area contributed by atoms with Crippen LogP contribution in [0.2, 0.25) is 0 Å². The van der Waals surface area contributed by atoms with Crippen LogP contribution in [0.4, 0.5) is 0 Å². The smallest absolute Gasteiger partial charge is 0.120 e. The third-order valence-electron chi connectivity index (χ3n) is 3.47. The molecule has 0 N–H and O–H groups in total. The molecule has 0 aromatic heterocycles. The lowest BCUT2D eigenvalue weighted by molar-refractivity contribution is 0.306. The normalized spacial score (nSPS) is 10.3. The summed E-state index contributed by atoms with van der Waals surface area (Å²) < 4.78 is 5.83. The van der Waals surface area contributed by atoms with E-state index in [2.05, 4.69) is 37.3 Å². The number of hydrogen-bond acceptors (Lipinski definition) is 2. The standard InChI is InChI=1S/C19H15NO/c1-14-2-4-15(5-3-14)13-21-19-9-8-17-10-16(12-20)6-7-18(17)11-19/h2-11H,13H2,1H3. The third kappa shape index (κ3) is 3.04. The van der Waals surface area contributed by atoms with Crippen molar-refractivity contribution in [2.75, 3.05) is 0 Å². The number of nitriles is 1. The Morgan fingerprint density at radius 1 is 0.905 bits per heavy atom. The largest absolute Gasteiger partial charge is 0.489 e. The van der Waals surface area contributed by atoms with E-state index in [4.69, 9.17) is 10.00 Å². The van der Waals surface area contributed by atoms with E-state index in [1.54, 1.807) is 0 Å². The Morgan fingerprint density at radius 2 is 1.62 bits per heavy atom. The Kier molecular flexibility index (Phi) is 3.57. The molecule has 0 saturated heterocycles. The first-order valence-corrected chi connectivity index (χ1v) is 6.87. The second-order valence-corrected chi connectivity index (χ2v) is 5.11. The van der Waals surface area contributed by atoms with Crippen molar-refractivity contribution in [2.45, 2.75) is 13.5 Å². The molecule has 0 heterocycles. The van der Waals surface area contributed by atoms with E-state index in [1.165, 1.54) is 5.56 Å². The van der Waals surface area contributed by atoms with Gasteiger partial charge in [0.1, 0.15) is 12.4 Å². The van der Waals surface area contributed by atoms with Crippen molar-refractivity contribution >= 4 is 10.8 Å². The molecule has 21 heavy (non-hydrogen) atoms. The Balaban J connectivity index is 1.78. The van der Waals surface area contributed by atoms with Crippen LogP contribution in [0.25, 0.3) is 10.8 Å². The lowest BCUT2D eigenvalue weighted by Crippen LogP contribution is -1.95. The minimum absolute atomic E-state index is 0.558. The first kappa shape index (κ1) is 13.2. The molecule has 0 aliphatic carbocycles. The van der Waals surface area contributed by atoms with Crippen molar-refractivity contribution in [3.8, 4) is 11.8 Å². The topological polar surface area (TPSA) is 33.0 Å². The average Bonchev–Trinajstić information content (AvgIpc) is 2.53. The lowest BCUT2D eigenvalue weighted by Gasteiger charge is -2.08. The molecule has 0 aliphatic heterocycles. The maximum Gasteiger partial charge on any atom is 0.120 e.